The van der Waals surface area contributed by atoms with Crippen LogP contribution in [-0.4, -0.2) is 16.1 Å². The SMILES string of the molecule is CC.Cc1ccc2c(c1)c1c(n2/C=C\c2cccnc2)CCNC1. The summed E-state index contributed by atoms with van der Waals surface area (Å²) in [6.07, 6.45) is 9.08. The second-order valence-corrected chi connectivity index (χ2v) is 5.84. The first-order valence-electron chi connectivity index (χ1n) is 8.74. The van der Waals surface area contributed by atoms with E-state index in [2.05, 4.69) is 58.3 Å². The van der Waals surface area contributed by atoms with Gasteiger partial charge in [0.2, 0.25) is 0 Å². The third-order valence-corrected chi connectivity index (χ3v) is 4.32. The Hall–Kier alpha value is -2.39. The molecule has 3 heterocycles. The maximum Gasteiger partial charge on any atom is 0.0528 e. The first-order chi connectivity index (χ1) is 11.8. The van der Waals surface area contributed by atoms with Crippen molar-refractivity contribution in [2.24, 2.45) is 0 Å². The van der Waals surface area contributed by atoms with E-state index in [4.69, 9.17) is 0 Å². The van der Waals surface area contributed by atoms with E-state index >= 15 is 0 Å². The summed E-state index contributed by atoms with van der Waals surface area (Å²) in [4.78, 5) is 4.18. The van der Waals surface area contributed by atoms with Crippen LogP contribution in [0.2, 0.25) is 0 Å². The van der Waals surface area contributed by atoms with E-state index in [0.29, 0.717) is 0 Å². The van der Waals surface area contributed by atoms with Crippen LogP contribution < -0.4 is 5.32 Å². The van der Waals surface area contributed by atoms with Crippen molar-refractivity contribution in [1.29, 1.82) is 0 Å². The first-order valence-corrected chi connectivity index (χ1v) is 8.74. The molecule has 2 aromatic heterocycles. The number of hydrogen-bond acceptors (Lipinski definition) is 2. The summed E-state index contributed by atoms with van der Waals surface area (Å²) in [5, 5.41) is 4.87. The molecule has 3 heteroatoms. The molecule has 3 aromatic rings. The highest BCUT2D eigenvalue weighted by Gasteiger charge is 2.18. The molecule has 1 N–H and O–H groups in total. The van der Waals surface area contributed by atoms with Crippen molar-refractivity contribution in [3.63, 3.8) is 0 Å². The van der Waals surface area contributed by atoms with Crippen molar-refractivity contribution < 1.29 is 0 Å². The van der Waals surface area contributed by atoms with Crippen LogP contribution in [0, 0.1) is 6.92 Å². The predicted octanol–water partition coefficient (Wildman–Crippen LogP) is 4.64. The van der Waals surface area contributed by atoms with Crippen LogP contribution in [0.3, 0.4) is 0 Å². The number of benzene rings is 1. The van der Waals surface area contributed by atoms with Gasteiger partial charge in [0.15, 0.2) is 0 Å². The van der Waals surface area contributed by atoms with Gasteiger partial charge in [0, 0.05) is 49.2 Å². The molecule has 0 atom stereocenters. The molecular weight excluding hydrogens is 294 g/mol. The molecule has 1 aliphatic rings. The molecule has 0 radical (unpaired) electrons. The van der Waals surface area contributed by atoms with Gasteiger partial charge in [-0.2, -0.15) is 0 Å². The second-order valence-electron chi connectivity index (χ2n) is 5.84. The number of aromatic nitrogens is 2. The lowest BCUT2D eigenvalue weighted by molar-refractivity contribution is 0.634. The quantitative estimate of drug-likeness (QED) is 0.745. The van der Waals surface area contributed by atoms with E-state index in [0.717, 1.165) is 25.1 Å². The lowest BCUT2D eigenvalue weighted by atomic mass is 10.0. The van der Waals surface area contributed by atoms with Crippen LogP contribution in [-0.2, 0) is 13.0 Å². The van der Waals surface area contributed by atoms with Gasteiger partial charge < -0.3 is 9.88 Å². The van der Waals surface area contributed by atoms with Crippen LogP contribution >= 0.6 is 0 Å². The maximum atomic E-state index is 4.18. The Balaban J connectivity index is 0.000000815. The Kier molecular flexibility index (Phi) is 5.11. The minimum atomic E-state index is 0.961. The highest BCUT2D eigenvalue weighted by molar-refractivity contribution is 5.89. The van der Waals surface area contributed by atoms with Gasteiger partial charge in [0.05, 0.1) is 5.52 Å². The van der Waals surface area contributed by atoms with Gasteiger partial charge >= 0.3 is 0 Å². The molecule has 1 aromatic carbocycles. The number of rotatable bonds is 2. The largest absolute Gasteiger partial charge is 0.320 e. The van der Waals surface area contributed by atoms with Crippen molar-refractivity contribution in [1.82, 2.24) is 14.9 Å². The fraction of sp³-hybridized carbons (Fsp3) is 0.286. The van der Waals surface area contributed by atoms with Crippen molar-refractivity contribution >= 4 is 23.2 Å². The van der Waals surface area contributed by atoms with Gasteiger partial charge in [-0.3, -0.25) is 4.98 Å². The molecule has 0 fully saturated rings. The molecule has 24 heavy (non-hydrogen) atoms. The zero-order valence-corrected chi connectivity index (χ0v) is 14.7. The molecule has 0 spiro atoms. The zero-order chi connectivity index (χ0) is 16.9. The monoisotopic (exact) mass is 319 g/mol. The fourth-order valence-electron chi connectivity index (χ4n) is 3.24. The summed E-state index contributed by atoms with van der Waals surface area (Å²) in [6.45, 7) is 8.16. The van der Waals surface area contributed by atoms with E-state index in [1.807, 2.05) is 26.1 Å². The van der Waals surface area contributed by atoms with Crippen LogP contribution in [0.15, 0.2) is 42.7 Å². The van der Waals surface area contributed by atoms with Gasteiger partial charge in [-0.1, -0.05) is 31.5 Å². The summed E-state index contributed by atoms with van der Waals surface area (Å²) >= 11 is 0. The summed E-state index contributed by atoms with van der Waals surface area (Å²) in [5.41, 5.74) is 6.60. The molecule has 0 aliphatic carbocycles. The van der Waals surface area contributed by atoms with Crippen LogP contribution in [0.25, 0.3) is 23.2 Å². The maximum absolute atomic E-state index is 4.18. The number of nitrogens with one attached hydrogen (secondary N) is 1. The van der Waals surface area contributed by atoms with Gasteiger partial charge in [-0.15, -0.1) is 0 Å². The van der Waals surface area contributed by atoms with E-state index in [9.17, 15) is 0 Å². The average molecular weight is 319 g/mol. The Morgan fingerprint density at radius 1 is 1.21 bits per heavy atom. The van der Waals surface area contributed by atoms with E-state index in [1.54, 1.807) is 6.20 Å². The van der Waals surface area contributed by atoms with Gasteiger partial charge in [-0.05, 0) is 42.3 Å². The van der Waals surface area contributed by atoms with Gasteiger partial charge in [0.1, 0.15) is 0 Å². The van der Waals surface area contributed by atoms with Crippen molar-refractivity contribution in [3.05, 3.63) is 65.1 Å². The summed E-state index contributed by atoms with van der Waals surface area (Å²) in [7, 11) is 0. The van der Waals surface area contributed by atoms with Crippen molar-refractivity contribution in [3.8, 4) is 0 Å². The third kappa shape index (κ3) is 3.13. The molecule has 0 unspecified atom stereocenters. The summed E-state index contributed by atoms with van der Waals surface area (Å²) in [5.74, 6) is 0. The summed E-state index contributed by atoms with van der Waals surface area (Å²) < 4.78 is 2.35. The Bertz CT molecular complexity index is 844. The second kappa shape index (κ2) is 7.45. The third-order valence-electron chi connectivity index (χ3n) is 4.32. The minimum Gasteiger partial charge on any atom is -0.320 e. The average Bonchev–Trinajstić information content (AvgIpc) is 2.96. The Labute approximate surface area is 144 Å². The lowest BCUT2D eigenvalue weighted by Crippen LogP contribution is -2.24. The standard InChI is InChI=1S/C19H19N3.C2H6/c1-14-4-5-18-16(11-14)17-13-21-9-6-19(17)22(18)10-7-15-3-2-8-20-12-15;1-2/h2-5,7-8,10-12,21H,6,9,13H2,1H3;1-2H3/b10-7-;. The number of fused-ring (bicyclic) bond motifs is 3. The smallest absolute Gasteiger partial charge is 0.0528 e. The number of nitrogens with zero attached hydrogens (tertiary/aromatic N) is 2. The normalized spacial score (nSPS) is 13.6. The number of pyridine rings is 1. The van der Waals surface area contributed by atoms with E-state index in [1.165, 1.54) is 27.7 Å². The van der Waals surface area contributed by atoms with E-state index in [-0.39, 0.29) is 0 Å². The Morgan fingerprint density at radius 2 is 2.08 bits per heavy atom. The Morgan fingerprint density at radius 3 is 2.88 bits per heavy atom. The number of aryl methyl sites for hydroxylation is 1. The minimum absolute atomic E-state index is 0.961. The van der Waals surface area contributed by atoms with Gasteiger partial charge in [-0.25, -0.2) is 0 Å². The molecule has 0 bridgehead atoms. The number of hydrogen-bond donors (Lipinski definition) is 1. The molecule has 0 saturated carbocycles. The molecule has 1 aliphatic heterocycles. The molecule has 3 nitrogen and oxygen atoms in total. The molecule has 124 valence electrons. The first kappa shape index (κ1) is 16.5. The van der Waals surface area contributed by atoms with Crippen LogP contribution in [0.5, 0.6) is 0 Å². The molecule has 0 saturated heterocycles. The molecule has 0 amide bonds. The molecular formula is C21H25N3. The van der Waals surface area contributed by atoms with Crippen LogP contribution in [0.1, 0.15) is 36.2 Å². The van der Waals surface area contributed by atoms with E-state index < -0.39 is 0 Å². The molecule has 4 rings (SSSR count). The van der Waals surface area contributed by atoms with Crippen molar-refractivity contribution in [2.75, 3.05) is 6.54 Å². The predicted molar refractivity (Wildman–Crippen MR) is 103 cm³/mol. The van der Waals surface area contributed by atoms with Gasteiger partial charge in [0.25, 0.3) is 0 Å². The van der Waals surface area contributed by atoms with Crippen LogP contribution in [0.4, 0.5) is 0 Å². The highest BCUT2D eigenvalue weighted by Crippen LogP contribution is 2.30. The summed E-state index contributed by atoms with van der Waals surface area (Å²) in [6, 6.07) is 10.8. The fourth-order valence-corrected chi connectivity index (χ4v) is 3.24. The van der Waals surface area contributed by atoms with Crippen molar-refractivity contribution in [2.45, 2.75) is 33.7 Å². The highest BCUT2D eigenvalue weighted by atomic mass is 15.0. The topological polar surface area (TPSA) is 29.9 Å². The zero-order valence-electron chi connectivity index (χ0n) is 14.7. The lowest BCUT2D eigenvalue weighted by Gasteiger charge is -2.15.